The number of rotatable bonds is 11. The highest BCUT2D eigenvalue weighted by molar-refractivity contribution is 7.99. The van der Waals surface area contributed by atoms with Crippen LogP contribution in [0.25, 0.3) is 0 Å². The number of phenols is 1. The minimum Gasteiger partial charge on any atom is -0.508 e. The Labute approximate surface area is 183 Å². The first kappa shape index (κ1) is 25.9. The van der Waals surface area contributed by atoms with E-state index >= 15 is 0 Å². The molecule has 0 aliphatic carbocycles. The van der Waals surface area contributed by atoms with Crippen LogP contribution >= 0.6 is 11.8 Å². The van der Waals surface area contributed by atoms with E-state index in [9.17, 15) is 9.90 Å². The van der Waals surface area contributed by atoms with E-state index in [0.717, 1.165) is 22.6 Å². The number of carbonyl (C=O) groups is 1. The van der Waals surface area contributed by atoms with Crippen LogP contribution in [0.2, 0.25) is 0 Å². The minimum atomic E-state index is -0.291. The summed E-state index contributed by atoms with van der Waals surface area (Å²) in [6.45, 7) is 15.1. The Morgan fingerprint density at radius 2 is 1.48 bits per heavy atom. The van der Waals surface area contributed by atoms with Gasteiger partial charge < -0.3 is 9.84 Å². The van der Waals surface area contributed by atoms with E-state index in [2.05, 4.69) is 48.5 Å². The lowest BCUT2D eigenvalue weighted by atomic mass is 9.72. The van der Waals surface area contributed by atoms with E-state index < -0.39 is 0 Å². The summed E-state index contributed by atoms with van der Waals surface area (Å²) < 4.78 is 5.59. The Morgan fingerprint density at radius 3 is 2.07 bits per heavy atom. The average Bonchev–Trinajstić information content (AvgIpc) is 2.61. The fourth-order valence-corrected chi connectivity index (χ4v) is 4.47. The SMILES string of the molecule is CCCCCCCCSCCOC(=O)c1ccc(O)c(C(C)(C)C)c1C(C)(C)C. The van der Waals surface area contributed by atoms with E-state index in [0.29, 0.717) is 12.2 Å². The highest BCUT2D eigenvalue weighted by atomic mass is 32.2. The highest BCUT2D eigenvalue weighted by Gasteiger charge is 2.32. The zero-order valence-corrected chi connectivity index (χ0v) is 20.5. The van der Waals surface area contributed by atoms with Crippen LogP contribution in [0.3, 0.4) is 0 Å². The van der Waals surface area contributed by atoms with Gasteiger partial charge in [0.1, 0.15) is 12.4 Å². The third kappa shape index (κ3) is 8.62. The second kappa shape index (κ2) is 11.9. The second-order valence-electron chi connectivity index (χ2n) is 9.90. The van der Waals surface area contributed by atoms with Gasteiger partial charge in [0, 0.05) is 11.3 Å². The van der Waals surface area contributed by atoms with Crippen LogP contribution in [0.5, 0.6) is 5.75 Å². The molecule has 4 heteroatoms. The summed E-state index contributed by atoms with van der Waals surface area (Å²) in [5.41, 5.74) is 1.74. The van der Waals surface area contributed by atoms with E-state index in [4.69, 9.17) is 4.74 Å². The van der Waals surface area contributed by atoms with Crippen molar-refractivity contribution in [2.24, 2.45) is 0 Å². The van der Waals surface area contributed by atoms with Crippen LogP contribution in [0.4, 0.5) is 0 Å². The predicted octanol–water partition coefficient (Wildman–Crippen LogP) is 7.24. The smallest absolute Gasteiger partial charge is 0.338 e. The van der Waals surface area contributed by atoms with Gasteiger partial charge in [0.05, 0.1) is 5.56 Å². The van der Waals surface area contributed by atoms with Crippen LogP contribution in [0, 0.1) is 0 Å². The van der Waals surface area contributed by atoms with Gasteiger partial charge in [-0.25, -0.2) is 4.79 Å². The molecule has 1 N–H and O–H groups in total. The molecule has 0 aromatic heterocycles. The number of hydrogen-bond acceptors (Lipinski definition) is 4. The third-order valence-corrected chi connectivity index (χ3v) is 6.04. The number of carbonyl (C=O) groups excluding carboxylic acids is 1. The van der Waals surface area contributed by atoms with Gasteiger partial charge in [0.15, 0.2) is 0 Å². The predicted molar refractivity (Wildman–Crippen MR) is 126 cm³/mol. The molecule has 1 aromatic rings. The lowest BCUT2D eigenvalue weighted by molar-refractivity contribution is 0.0527. The molecule has 3 nitrogen and oxygen atoms in total. The molecule has 166 valence electrons. The van der Waals surface area contributed by atoms with Crippen molar-refractivity contribution in [2.75, 3.05) is 18.1 Å². The van der Waals surface area contributed by atoms with Gasteiger partial charge in [0.25, 0.3) is 0 Å². The van der Waals surface area contributed by atoms with Crippen molar-refractivity contribution < 1.29 is 14.6 Å². The molecule has 29 heavy (non-hydrogen) atoms. The normalized spacial score (nSPS) is 12.2. The van der Waals surface area contributed by atoms with Crippen molar-refractivity contribution >= 4 is 17.7 Å². The van der Waals surface area contributed by atoms with Gasteiger partial charge in [-0.3, -0.25) is 0 Å². The van der Waals surface area contributed by atoms with Crippen molar-refractivity contribution in [3.63, 3.8) is 0 Å². The topological polar surface area (TPSA) is 46.5 Å². The molecule has 1 rings (SSSR count). The Kier molecular flexibility index (Phi) is 10.6. The van der Waals surface area contributed by atoms with Crippen molar-refractivity contribution in [1.82, 2.24) is 0 Å². The largest absolute Gasteiger partial charge is 0.508 e. The lowest BCUT2D eigenvalue weighted by Crippen LogP contribution is -2.26. The summed E-state index contributed by atoms with van der Waals surface area (Å²) in [6, 6.07) is 3.33. The molecule has 0 heterocycles. The molecule has 0 aliphatic rings. The Bertz CT molecular complexity index is 639. The van der Waals surface area contributed by atoms with Crippen molar-refractivity contribution in [3.05, 3.63) is 28.8 Å². The maximum Gasteiger partial charge on any atom is 0.338 e. The van der Waals surface area contributed by atoms with Crippen molar-refractivity contribution in [2.45, 2.75) is 97.8 Å². The van der Waals surface area contributed by atoms with E-state index in [1.54, 1.807) is 12.1 Å². The Balaban J connectivity index is 2.65. The lowest BCUT2D eigenvalue weighted by Gasteiger charge is -2.32. The molecule has 0 radical (unpaired) electrons. The zero-order chi connectivity index (χ0) is 22.1. The maximum atomic E-state index is 12.8. The van der Waals surface area contributed by atoms with Gasteiger partial charge in [-0.2, -0.15) is 11.8 Å². The molecule has 0 unspecified atom stereocenters. The summed E-state index contributed by atoms with van der Waals surface area (Å²) in [5.74, 6) is 1.91. The molecule has 0 saturated carbocycles. The molecule has 1 aromatic carbocycles. The van der Waals surface area contributed by atoms with Gasteiger partial charge in [-0.1, -0.05) is 80.6 Å². The second-order valence-corrected chi connectivity index (χ2v) is 11.1. The number of benzene rings is 1. The number of thioether (sulfide) groups is 1. The molecule has 0 atom stereocenters. The molecule has 0 amide bonds. The zero-order valence-electron chi connectivity index (χ0n) is 19.7. The molecule has 0 bridgehead atoms. The van der Waals surface area contributed by atoms with E-state index in [1.165, 1.54) is 38.5 Å². The fourth-order valence-electron chi connectivity index (χ4n) is 3.66. The minimum absolute atomic E-state index is 0.244. The summed E-state index contributed by atoms with van der Waals surface area (Å²) in [6.07, 6.45) is 7.84. The van der Waals surface area contributed by atoms with Crippen LogP contribution in [0.1, 0.15) is 108 Å². The molecule has 0 fully saturated rings. The summed E-state index contributed by atoms with van der Waals surface area (Å²) in [5, 5.41) is 10.5. The first-order valence-corrected chi connectivity index (χ1v) is 12.3. The number of aromatic hydroxyl groups is 1. The first-order valence-electron chi connectivity index (χ1n) is 11.1. The van der Waals surface area contributed by atoms with Gasteiger partial charge in [0.2, 0.25) is 0 Å². The van der Waals surface area contributed by atoms with Crippen LogP contribution < -0.4 is 0 Å². The summed E-state index contributed by atoms with van der Waals surface area (Å²) in [4.78, 5) is 12.8. The van der Waals surface area contributed by atoms with Gasteiger partial charge in [-0.05, 0) is 40.7 Å². The standard InChI is InChI=1S/C25H42O3S/c1-8-9-10-11-12-13-17-29-18-16-28-23(27)19-14-15-20(26)22(25(5,6)7)21(19)24(2,3)4/h14-15,26H,8-13,16-18H2,1-7H3. The summed E-state index contributed by atoms with van der Waals surface area (Å²) >= 11 is 1.86. The monoisotopic (exact) mass is 422 g/mol. The highest BCUT2D eigenvalue weighted by Crippen LogP contribution is 2.41. The van der Waals surface area contributed by atoms with E-state index in [1.807, 2.05) is 11.8 Å². The quantitative estimate of drug-likeness (QED) is 0.301. The third-order valence-electron chi connectivity index (χ3n) is 5.01. The number of ether oxygens (including phenoxy) is 1. The van der Waals surface area contributed by atoms with Crippen LogP contribution in [-0.2, 0) is 15.6 Å². The average molecular weight is 423 g/mol. The van der Waals surface area contributed by atoms with Gasteiger partial charge in [-0.15, -0.1) is 0 Å². The molecule has 0 spiro atoms. The van der Waals surface area contributed by atoms with Crippen molar-refractivity contribution in [1.29, 1.82) is 0 Å². The molecule has 0 saturated heterocycles. The molecule has 0 aliphatic heterocycles. The van der Waals surface area contributed by atoms with Crippen molar-refractivity contribution in [3.8, 4) is 5.75 Å². The number of phenolic OH excluding ortho intramolecular Hbond substituents is 1. The Morgan fingerprint density at radius 1 is 0.897 bits per heavy atom. The molecular formula is C25H42O3S. The van der Waals surface area contributed by atoms with Crippen LogP contribution in [0.15, 0.2) is 12.1 Å². The number of unbranched alkanes of at least 4 members (excludes halogenated alkanes) is 5. The van der Waals surface area contributed by atoms with Crippen LogP contribution in [-0.4, -0.2) is 29.2 Å². The molecular weight excluding hydrogens is 380 g/mol. The van der Waals surface area contributed by atoms with Gasteiger partial charge >= 0.3 is 5.97 Å². The summed E-state index contributed by atoms with van der Waals surface area (Å²) in [7, 11) is 0. The Hall–Kier alpha value is -1.16. The number of esters is 1. The first-order chi connectivity index (χ1) is 13.5. The van der Waals surface area contributed by atoms with E-state index in [-0.39, 0.29) is 22.5 Å². The fraction of sp³-hybridized carbons (Fsp3) is 0.720. The maximum absolute atomic E-state index is 12.8. The number of hydrogen-bond donors (Lipinski definition) is 1.